The van der Waals surface area contributed by atoms with Gasteiger partial charge in [-0.05, 0) is 95.8 Å². The molecule has 0 bridgehead atoms. The monoisotopic (exact) mass is 452 g/mol. The third-order valence-corrected chi connectivity index (χ3v) is 6.15. The number of nitrogen functional groups attached to an aromatic ring is 2. The Bertz CT molecular complexity index is 1150. The van der Waals surface area contributed by atoms with Crippen molar-refractivity contribution in [3.63, 3.8) is 0 Å². The molecule has 0 aromatic heterocycles. The molecule has 4 nitrogen and oxygen atoms in total. The van der Waals surface area contributed by atoms with Crippen molar-refractivity contribution in [2.24, 2.45) is 0 Å². The van der Waals surface area contributed by atoms with Crippen molar-refractivity contribution in [3.8, 4) is 23.0 Å². The minimum absolute atomic E-state index is 0.242. The number of rotatable bonds is 8. The smallest absolute Gasteiger partial charge is 0.130 e. The number of ether oxygens (including phenoxy) is 2. The van der Waals surface area contributed by atoms with Gasteiger partial charge in [-0.15, -0.1) is 0 Å². The molecule has 0 atom stereocenters. The number of anilines is 2. The molecule has 0 heterocycles. The van der Waals surface area contributed by atoms with Crippen LogP contribution in [0.2, 0.25) is 0 Å². The van der Waals surface area contributed by atoms with E-state index in [0.29, 0.717) is 0 Å². The largest absolute Gasteiger partial charge is 0.457 e. The molecule has 0 aliphatic carbocycles. The summed E-state index contributed by atoms with van der Waals surface area (Å²) < 4.78 is 12.3. The van der Waals surface area contributed by atoms with Crippen LogP contribution in [0.3, 0.4) is 0 Å². The van der Waals surface area contributed by atoms with Crippen LogP contribution in [0.1, 0.15) is 48.9 Å². The van der Waals surface area contributed by atoms with Crippen LogP contribution in [0, 0.1) is 0 Å². The first-order valence-electron chi connectivity index (χ1n) is 11.8. The maximum absolute atomic E-state index is 6.13. The van der Waals surface area contributed by atoms with Gasteiger partial charge in [0.15, 0.2) is 0 Å². The summed E-state index contributed by atoms with van der Waals surface area (Å²) in [6, 6.07) is 27.9. The average Bonchev–Trinajstić information content (AvgIpc) is 2.86. The highest BCUT2D eigenvalue weighted by Gasteiger charge is 2.14. The van der Waals surface area contributed by atoms with Crippen molar-refractivity contribution >= 4 is 11.4 Å². The van der Waals surface area contributed by atoms with Crippen LogP contribution in [0.15, 0.2) is 84.9 Å². The molecular formula is C30H32N2O2. The molecule has 0 saturated heterocycles. The quantitative estimate of drug-likeness (QED) is 0.269. The Hall–Kier alpha value is -3.92. The summed E-state index contributed by atoms with van der Waals surface area (Å²) in [5.74, 6) is 3.57. The molecule has 0 aliphatic heterocycles. The van der Waals surface area contributed by atoms with Crippen molar-refractivity contribution in [1.82, 2.24) is 0 Å². The van der Waals surface area contributed by atoms with Gasteiger partial charge in [0.1, 0.15) is 23.0 Å². The van der Waals surface area contributed by atoms with E-state index in [1.54, 1.807) is 0 Å². The molecule has 0 fully saturated rings. The van der Waals surface area contributed by atoms with E-state index >= 15 is 0 Å². The van der Waals surface area contributed by atoms with Crippen molar-refractivity contribution < 1.29 is 9.47 Å². The Morgan fingerprint density at radius 3 is 1.32 bits per heavy atom. The zero-order chi connectivity index (χ0) is 24.1. The third kappa shape index (κ3) is 5.34. The molecule has 0 saturated carbocycles. The first-order chi connectivity index (χ1) is 16.5. The van der Waals surface area contributed by atoms with Crippen molar-refractivity contribution in [3.05, 3.63) is 107 Å². The lowest BCUT2D eigenvalue weighted by molar-refractivity contribution is 0.476. The van der Waals surface area contributed by atoms with Gasteiger partial charge in [-0.1, -0.05) is 45.0 Å². The fourth-order valence-electron chi connectivity index (χ4n) is 4.01. The third-order valence-electron chi connectivity index (χ3n) is 6.15. The number of nitrogens with two attached hydrogens (primary N) is 2. The Balaban J connectivity index is 1.56. The molecule has 0 spiro atoms. The Kier molecular flexibility index (Phi) is 7.07. The van der Waals surface area contributed by atoms with Crippen LogP contribution in [0.5, 0.6) is 23.0 Å². The van der Waals surface area contributed by atoms with Crippen molar-refractivity contribution in [2.45, 2.75) is 39.5 Å². The number of benzene rings is 4. The summed E-state index contributed by atoms with van der Waals surface area (Å²) in [5.41, 5.74) is 17.9. The first-order valence-corrected chi connectivity index (χ1v) is 11.8. The molecule has 4 N–H and O–H groups in total. The first kappa shape index (κ1) is 23.2. The molecular weight excluding hydrogens is 420 g/mol. The molecule has 0 amide bonds. The SMILES string of the molecule is CCc1cc(C(C)c2ccc(Oc3ccc(N)cc3)c(CC)c2)ccc1Oc1ccc(N)cc1. The maximum atomic E-state index is 6.13. The van der Waals surface area contributed by atoms with E-state index in [-0.39, 0.29) is 5.92 Å². The lowest BCUT2D eigenvalue weighted by atomic mass is 9.90. The second kappa shape index (κ2) is 10.3. The topological polar surface area (TPSA) is 70.5 Å². The van der Waals surface area contributed by atoms with E-state index in [1.807, 2.05) is 48.5 Å². The van der Waals surface area contributed by atoms with Crippen LogP contribution in [-0.2, 0) is 12.8 Å². The van der Waals surface area contributed by atoms with Gasteiger partial charge in [0.2, 0.25) is 0 Å². The summed E-state index contributed by atoms with van der Waals surface area (Å²) in [7, 11) is 0. The molecule has 34 heavy (non-hydrogen) atoms. The van der Waals surface area contributed by atoms with Crippen LogP contribution in [-0.4, -0.2) is 0 Å². The number of hydrogen-bond donors (Lipinski definition) is 2. The lowest BCUT2D eigenvalue weighted by Crippen LogP contribution is -2.01. The van der Waals surface area contributed by atoms with Gasteiger partial charge in [0.25, 0.3) is 0 Å². The van der Waals surface area contributed by atoms with Crippen LogP contribution >= 0.6 is 0 Å². The average molecular weight is 453 g/mol. The van der Waals surface area contributed by atoms with Gasteiger partial charge in [0.05, 0.1) is 0 Å². The molecule has 0 aliphatic rings. The molecule has 4 aromatic rings. The molecule has 4 heteroatoms. The maximum Gasteiger partial charge on any atom is 0.130 e. The minimum Gasteiger partial charge on any atom is -0.457 e. The highest BCUT2D eigenvalue weighted by Crippen LogP contribution is 2.34. The lowest BCUT2D eigenvalue weighted by Gasteiger charge is -2.18. The Labute approximate surface area is 202 Å². The zero-order valence-electron chi connectivity index (χ0n) is 20.0. The molecule has 0 unspecified atom stereocenters. The van der Waals surface area contributed by atoms with E-state index in [2.05, 4.69) is 57.2 Å². The predicted molar refractivity (Wildman–Crippen MR) is 141 cm³/mol. The standard InChI is InChI=1S/C30H32N2O2/c1-4-21-18-23(6-16-29(21)33-27-12-8-25(31)9-13-27)20(3)24-7-17-30(22(5-2)19-24)34-28-14-10-26(32)11-15-28/h6-20H,4-5,31-32H2,1-3H3. The van der Waals surface area contributed by atoms with Crippen LogP contribution in [0.25, 0.3) is 0 Å². The fraction of sp³-hybridized carbons (Fsp3) is 0.200. The summed E-state index contributed by atoms with van der Waals surface area (Å²) in [5, 5.41) is 0. The molecule has 4 rings (SSSR count). The second-order valence-electron chi connectivity index (χ2n) is 8.51. The number of hydrogen-bond acceptors (Lipinski definition) is 4. The molecule has 4 aromatic carbocycles. The van der Waals surface area contributed by atoms with Gasteiger partial charge in [0, 0.05) is 17.3 Å². The van der Waals surface area contributed by atoms with Gasteiger partial charge in [-0.3, -0.25) is 0 Å². The van der Waals surface area contributed by atoms with Gasteiger partial charge >= 0.3 is 0 Å². The van der Waals surface area contributed by atoms with E-state index in [4.69, 9.17) is 20.9 Å². The van der Waals surface area contributed by atoms with Gasteiger partial charge in [-0.2, -0.15) is 0 Å². The van der Waals surface area contributed by atoms with Gasteiger partial charge < -0.3 is 20.9 Å². The van der Waals surface area contributed by atoms with E-state index in [0.717, 1.165) is 47.2 Å². The minimum atomic E-state index is 0.242. The molecule has 174 valence electrons. The summed E-state index contributed by atoms with van der Waals surface area (Å²) in [6.45, 7) is 6.54. The zero-order valence-corrected chi connectivity index (χ0v) is 20.0. The second-order valence-corrected chi connectivity index (χ2v) is 8.51. The normalized spacial score (nSPS) is 10.9. The van der Waals surface area contributed by atoms with Gasteiger partial charge in [-0.25, -0.2) is 0 Å². The van der Waals surface area contributed by atoms with Crippen LogP contribution in [0.4, 0.5) is 11.4 Å². The molecule has 0 radical (unpaired) electrons. The summed E-state index contributed by atoms with van der Waals surface area (Å²) >= 11 is 0. The van der Waals surface area contributed by atoms with E-state index < -0.39 is 0 Å². The Morgan fingerprint density at radius 2 is 0.971 bits per heavy atom. The predicted octanol–water partition coefficient (Wildman–Crippen LogP) is 7.71. The fourth-order valence-corrected chi connectivity index (χ4v) is 4.01. The highest BCUT2D eigenvalue weighted by molar-refractivity contribution is 5.49. The highest BCUT2D eigenvalue weighted by atomic mass is 16.5. The Morgan fingerprint density at radius 1 is 0.588 bits per heavy atom. The summed E-state index contributed by atoms with van der Waals surface area (Å²) in [4.78, 5) is 0. The van der Waals surface area contributed by atoms with Crippen LogP contribution < -0.4 is 20.9 Å². The number of aryl methyl sites for hydroxylation is 2. The van der Waals surface area contributed by atoms with Crippen molar-refractivity contribution in [2.75, 3.05) is 11.5 Å². The summed E-state index contributed by atoms with van der Waals surface area (Å²) in [6.07, 6.45) is 1.78. The van der Waals surface area contributed by atoms with E-state index in [9.17, 15) is 0 Å². The van der Waals surface area contributed by atoms with Crippen molar-refractivity contribution in [1.29, 1.82) is 0 Å². The van der Waals surface area contributed by atoms with E-state index in [1.165, 1.54) is 22.3 Å².